The van der Waals surface area contributed by atoms with Gasteiger partial charge < -0.3 is 4.90 Å². The molecule has 5 rings (SSSR count). The number of benzene rings is 2. The minimum atomic E-state index is -0.0904. The Hall–Kier alpha value is -3.67. The standard InChI is InChI=1S/C27H28N4O2/c1-18-14-22(19-8-5-4-6-9-19)15-23(28-18)21-10-7-13-31(17-21)26(32)20-11-12-24-25(16-20)30(3)27(33)29(24)2/h4-6,8-9,11-12,14-16,21H,7,10,13,17H2,1-3H3. The van der Waals surface area contributed by atoms with Crippen molar-refractivity contribution in [2.45, 2.75) is 25.7 Å². The topological polar surface area (TPSA) is 60.1 Å². The van der Waals surface area contributed by atoms with Crippen molar-refractivity contribution < 1.29 is 4.79 Å². The predicted molar refractivity (Wildman–Crippen MR) is 130 cm³/mol. The zero-order valence-electron chi connectivity index (χ0n) is 19.3. The van der Waals surface area contributed by atoms with Crippen LogP contribution in [0.4, 0.5) is 0 Å². The summed E-state index contributed by atoms with van der Waals surface area (Å²) >= 11 is 0. The lowest BCUT2D eigenvalue weighted by Crippen LogP contribution is -2.39. The van der Waals surface area contributed by atoms with Gasteiger partial charge in [0.1, 0.15) is 0 Å². The third kappa shape index (κ3) is 3.86. The van der Waals surface area contributed by atoms with Gasteiger partial charge in [0.15, 0.2) is 0 Å². The third-order valence-electron chi connectivity index (χ3n) is 6.73. The Morgan fingerprint density at radius 3 is 2.48 bits per heavy atom. The summed E-state index contributed by atoms with van der Waals surface area (Å²) in [6.45, 7) is 3.41. The summed E-state index contributed by atoms with van der Waals surface area (Å²) in [5, 5.41) is 0. The van der Waals surface area contributed by atoms with Crippen LogP contribution in [-0.2, 0) is 14.1 Å². The molecule has 0 N–H and O–H groups in total. The smallest absolute Gasteiger partial charge is 0.328 e. The lowest BCUT2D eigenvalue weighted by Gasteiger charge is -2.33. The molecule has 33 heavy (non-hydrogen) atoms. The number of rotatable bonds is 3. The highest BCUT2D eigenvalue weighted by molar-refractivity contribution is 5.97. The number of imidazole rings is 1. The van der Waals surface area contributed by atoms with Crippen molar-refractivity contribution >= 4 is 16.9 Å². The largest absolute Gasteiger partial charge is 0.338 e. The zero-order chi connectivity index (χ0) is 23.1. The van der Waals surface area contributed by atoms with Crippen LogP contribution in [0.5, 0.6) is 0 Å². The summed E-state index contributed by atoms with van der Waals surface area (Å²) in [6.07, 6.45) is 1.96. The number of likely N-dealkylation sites (tertiary alicyclic amines) is 1. The summed E-state index contributed by atoms with van der Waals surface area (Å²) in [5.41, 5.74) is 6.51. The second-order valence-corrected chi connectivity index (χ2v) is 8.98. The van der Waals surface area contributed by atoms with Gasteiger partial charge in [-0.1, -0.05) is 30.3 Å². The average Bonchev–Trinajstić information content (AvgIpc) is 3.07. The molecule has 0 radical (unpaired) electrons. The maximum absolute atomic E-state index is 13.4. The van der Waals surface area contributed by atoms with Crippen molar-refractivity contribution in [1.82, 2.24) is 19.0 Å². The Balaban J connectivity index is 1.42. The SMILES string of the molecule is Cc1cc(-c2ccccc2)cc(C2CCCN(C(=O)c3ccc4c(c3)n(C)c(=O)n4C)C2)n1. The van der Waals surface area contributed by atoms with Gasteiger partial charge in [0.05, 0.1) is 11.0 Å². The maximum atomic E-state index is 13.4. The fourth-order valence-corrected chi connectivity index (χ4v) is 4.93. The monoisotopic (exact) mass is 440 g/mol. The molecule has 0 aliphatic carbocycles. The number of aromatic nitrogens is 3. The van der Waals surface area contributed by atoms with E-state index in [0.29, 0.717) is 12.1 Å². The van der Waals surface area contributed by atoms with Gasteiger partial charge >= 0.3 is 5.69 Å². The van der Waals surface area contributed by atoms with Gasteiger partial charge in [-0.05, 0) is 61.2 Å². The van der Waals surface area contributed by atoms with Crippen LogP contribution in [0.3, 0.4) is 0 Å². The number of hydrogen-bond donors (Lipinski definition) is 0. The molecular weight excluding hydrogens is 412 g/mol. The minimum Gasteiger partial charge on any atom is -0.338 e. The number of carbonyl (C=O) groups excluding carboxylic acids is 1. The number of piperidine rings is 1. The van der Waals surface area contributed by atoms with Gasteiger partial charge in [-0.2, -0.15) is 0 Å². The van der Waals surface area contributed by atoms with Crippen molar-refractivity contribution in [3.8, 4) is 11.1 Å². The Morgan fingerprint density at radius 2 is 1.70 bits per heavy atom. The van der Waals surface area contributed by atoms with Crippen LogP contribution >= 0.6 is 0 Å². The summed E-state index contributed by atoms with van der Waals surface area (Å²) < 4.78 is 3.20. The zero-order valence-corrected chi connectivity index (χ0v) is 19.3. The van der Waals surface area contributed by atoms with Crippen molar-refractivity contribution in [2.75, 3.05) is 13.1 Å². The molecule has 0 bridgehead atoms. The third-order valence-corrected chi connectivity index (χ3v) is 6.73. The summed E-state index contributed by atoms with van der Waals surface area (Å²) in [6, 6.07) is 20.2. The fourth-order valence-electron chi connectivity index (χ4n) is 4.93. The number of hydrogen-bond acceptors (Lipinski definition) is 3. The number of aryl methyl sites for hydroxylation is 3. The van der Waals surface area contributed by atoms with Gasteiger partial charge in [-0.25, -0.2) is 4.79 Å². The Bertz CT molecular complexity index is 1400. The fraction of sp³-hybridized carbons (Fsp3) is 0.296. The van der Waals surface area contributed by atoms with E-state index in [9.17, 15) is 9.59 Å². The summed E-state index contributed by atoms with van der Waals surface area (Å²) in [5.74, 6) is 0.212. The van der Waals surface area contributed by atoms with Crippen molar-refractivity contribution in [3.05, 3.63) is 88.1 Å². The van der Waals surface area contributed by atoms with Crippen molar-refractivity contribution in [1.29, 1.82) is 0 Å². The first-order chi connectivity index (χ1) is 15.9. The van der Waals surface area contributed by atoms with Crippen LogP contribution in [0.1, 0.15) is 40.5 Å². The lowest BCUT2D eigenvalue weighted by atomic mass is 9.92. The molecule has 6 nitrogen and oxygen atoms in total. The first-order valence-electron chi connectivity index (χ1n) is 11.4. The first kappa shape index (κ1) is 21.2. The molecule has 1 atom stereocenters. The van der Waals surface area contributed by atoms with Crippen LogP contribution < -0.4 is 5.69 Å². The molecule has 0 saturated carbocycles. The van der Waals surface area contributed by atoms with Gasteiger partial charge in [0.25, 0.3) is 5.91 Å². The highest BCUT2D eigenvalue weighted by Gasteiger charge is 2.27. The maximum Gasteiger partial charge on any atom is 0.328 e. The van der Waals surface area contributed by atoms with E-state index in [4.69, 9.17) is 4.98 Å². The van der Waals surface area contributed by atoms with Crippen molar-refractivity contribution in [2.24, 2.45) is 14.1 Å². The first-order valence-corrected chi connectivity index (χ1v) is 11.4. The van der Waals surface area contributed by atoms with Gasteiger partial charge in [-0.3, -0.25) is 18.9 Å². The molecule has 4 aromatic rings. The van der Waals surface area contributed by atoms with Gasteiger partial charge in [-0.15, -0.1) is 0 Å². The Labute approximate surface area is 193 Å². The van der Waals surface area contributed by atoms with E-state index in [1.807, 2.05) is 48.2 Å². The minimum absolute atomic E-state index is 0.00818. The Morgan fingerprint density at radius 1 is 0.939 bits per heavy atom. The van der Waals surface area contributed by atoms with E-state index >= 15 is 0 Å². The van der Waals surface area contributed by atoms with E-state index in [0.717, 1.165) is 47.4 Å². The molecule has 1 aliphatic rings. The molecule has 1 fully saturated rings. The van der Waals surface area contributed by atoms with Gasteiger partial charge in [0.2, 0.25) is 0 Å². The van der Waals surface area contributed by atoms with E-state index in [2.05, 4.69) is 24.3 Å². The summed E-state index contributed by atoms with van der Waals surface area (Å²) in [7, 11) is 3.49. The van der Waals surface area contributed by atoms with Crippen LogP contribution in [0.25, 0.3) is 22.2 Å². The van der Waals surface area contributed by atoms with Crippen LogP contribution in [0.15, 0.2) is 65.5 Å². The molecule has 168 valence electrons. The molecule has 1 amide bonds. The quantitative estimate of drug-likeness (QED) is 0.478. The number of fused-ring (bicyclic) bond motifs is 1. The molecule has 3 heterocycles. The summed E-state index contributed by atoms with van der Waals surface area (Å²) in [4.78, 5) is 32.4. The normalized spacial score (nSPS) is 16.3. The predicted octanol–water partition coefficient (Wildman–Crippen LogP) is 4.27. The number of nitrogens with zero attached hydrogens (tertiary/aromatic N) is 4. The number of pyridine rings is 1. The molecule has 1 saturated heterocycles. The molecular formula is C27H28N4O2. The highest BCUT2D eigenvalue weighted by atomic mass is 16.2. The van der Waals surface area contributed by atoms with E-state index in [1.54, 1.807) is 23.2 Å². The van der Waals surface area contributed by atoms with Gasteiger partial charge in [0, 0.05) is 50.1 Å². The molecule has 2 aromatic carbocycles. The van der Waals surface area contributed by atoms with Crippen LogP contribution in [-0.4, -0.2) is 38.0 Å². The second kappa shape index (κ2) is 8.35. The van der Waals surface area contributed by atoms with E-state index in [-0.39, 0.29) is 17.5 Å². The van der Waals surface area contributed by atoms with Crippen molar-refractivity contribution in [3.63, 3.8) is 0 Å². The molecule has 2 aromatic heterocycles. The Kier molecular flexibility index (Phi) is 5.36. The van der Waals surface area contributed by atoms with Crippen LogP contribution in [0.2, 0.25) is 0 Å². The van der Waals surface area contributed by atoms with Crippen LogP contribution in [0, 0.1) is 6.92 Å². The van der Waals surface area contributed by atoms with E-state index < -0.39 is 0 Å². The lowest BCUT2D eigenvalue weighted by molar-refractivity contribution is 0.0706. The highest BCUT2D eigenvalue weighted by Crippen LogP contribution is 2.30. The number of amides is 1. The molecule has 6 heteroatoms. The molecule has 1 aliphatic heterocycles. The van der Waals surface area contributed by atoms with E-state index in [1.165, 1.54) is 5.56 Å². The molecule has 0 spiro atoms. The molecule has 1 unspecified atom stereocenters. The average molecular weight is 441 g/mol. The number of carbonyl (C=O) groups is 1. The second-order valence-electron chi connectivity index (χ2n) is 8.98.